The van der Waals surface area contributed by atoms with Crippen LogP contribution in [-0.2, 0) is 16.6 Å². The van der Waals surface area contributed by atoms with E-state index in [1.165, 1.54) is 18.3 Å². The topological polar surface area (TPSA) is 82.9 Å². The third kappa shape index (κ3) is 3.41. The maximum absolute atomic E-state index is 12.1. The van der Waals surface area contributed by atoms with Crippen molar-refractivity contribution in [3.8, 4) is 6.07 Å². The predicted octanol–water partition coefficient (Wildman–Crippen LogP) is 1.74. The zero-order valence-corrected chi connectivity index (χ0v) is 11.7. The molecule has 0 saturated heterocycles. The second-order valence-corrected chi connectivity index (χ2v) is 6.07. The zero-order valence-electron chi connectivity index (χ0n) is 10.9. The number of pyridine rings is 1. The molecule has 1 N–H and O–H groups in total. The first-order valence-corrected chi connectivity index (χ1v) is 7.41. The van der Waals surface area contributed by atoms with Gasteiger partial charge in [0.05, 0.1) is 0 Å². The molecule has 0 atom stereocenters. The number of aromatic nitrogens is 1. The molecule has 2 rings (SSSR count). The highest BCUT2D eigenvalue weighted by molar-refractivity contribution is 7.89. The van der Waals surface area contributed by atoms with Gasteiger partial charge in [0, 0.05) is 12.7 Å². The Kier molecular flexibility index (Phi) is 4.13. The van der Waals surface area contributed by atoms with E-state index in [2.05, 4.69) is 9.71 Å². The van der Waals surface area contributed by atoms with Gasteiger partial charge in [0.15, 0.2) is 0 Å². The third-order valence-corrected chi connectivity index (χ3v) is 4.10. The lowest BCUT2D eigenvalue weighted by atomic mass is 10.1. The molecule has 0 aliphatic carbocycles. The van der Waals surface area contributed by atoms with Crippen molar-refractivity contribution in [2.24, 2.45) is 0 Å². The molecule has 1 heterocycles. The smallest absolute Gasteiger partial charge is 0.242 e. The third-order valence-electron chi connectivity index (χ3n) is 2.71. The van der Waals surface area contributed by atoms with Gasteiger partial charge in [0.2, 0.25) is 10.0 Å². The van der Waals surface area contributed by atoms with Gasteiger partial charge in [0.1, 0.15) is 16.7 Å². The summed E-state index contributed by atoms with van der Waals surface area (Å²) in [6, 6.07) is 12.2. The highest BCUT2D eigenvalue weighted by atomic mass is 32.2. The molecule has 1 aromatic heterocycles. The number of nitriles is 1. The Bertz CT molecular complexity index is 747. The number of benzene rings is 1. The minimum Gasteiger partial charge on any atom is -0.244 e. The lowest BCUT2D eigenvalue weighted by Crippen LogP contribution is -2.23. The molecule has 1 aromatic carbocycles. The summed E-state index contributed by atoms with van der Waals surface area (Å²) in [4.78, 5) is 3.80. The average Bonchev–Trinajstić information content (AvgIpc) is 2.45. The van der Waals surface area contributed by atoms with Crippen LogP contribution in [0, 0.1) is 18.3 Å². The molecule has 20 heavy (non-hydrogen) atoms. The summed E-state index contributed by atoms with van der Waals surface area (Å²) >= 11 is 0. The van der Waals surface area contributed by atoms with Crippen molar-refractivity contribution in [1.29, 1.82) is 5.26 Å². The number of rotatable bonds is 4. The Morgan fingerprint density at radius 1 is 1.30 bits per heavy atom. The van der Waals surface area contributed by atoms with Crippen LogP contribution in [0.5, 0.6) is 0 Å². The van der Waals surface area contributed by atoms with Crippen molar-refractivity contribution < 1.29 is 8.42 Å². The Morgan fingerprint density at radius 3 is 2.70 bits per heavy atom. The molecule has 0 bridgehead atoms. The van der Waals surface area contributed by atoms with Crippen LogP contribution in [0.1, 0.15) is 16.8 Å². The van der Waals surface area contributed by atoms with Crippen molar-refractivity contribution in [1.82, 2.24) is 9.71 Å². The second-order valence-electron chi connectivity index (χ2n) is 4.30. The fourth-order valence-corrected chi connectivity index (χ4v) is 2.65. The van der Waals surface area contributed by atoms with Gasteiger partial charge in [-0.2, -0.15) is 5.26 Å². The van der Waals surface area contributed by atoms with Gasteiger partial charge in [0.25, 0.3) is 0 Å². The van der Waals surface area contributed by atoms with Crippen molar-refractivity contribution in [3.63, 3.8) is 0 Å². The molecular formula is C14H13N3O2S. The summed E-state index contributed by atoms with van der Waals surface area (Å²) in [5.41, 5.74) is 2.14. The van der Waals surface area contributed by atoms with Gasteiger partial charge < -0.3 is 0 Å². The summed E-state index contributed by atoms with van der Waals surface area (Å²) in [6.07, 6.45) is 1.18. The van der Waals surface area contributed by atoms with Gasteiger partial charge in [-0.05, 0) is 24.6 Å². The van der Waals surface area contributed by atoms with Gasteiger partial charge >= 0.3 is 0 Å². The standard InChI is InChI=1S/C14H13N3O2S/c1-11-3-2-4-12(7-11)9-17-20(18,19)14-6-5-13(8-15)16-10-14/h2-7,10,17H,9H2,1H3. The minimum absolute atomic E-state index is 0.0455. The van der Waals surface area contributed by atoms with Crippen LogP contribution in [0.3, 0.4) is 0 Å². The molecule has 2 aromatic rings. The Balaban J connectivity index is 2.13. The van der Waals surface area contributed by atoms with E-state index in [-0.39, 0.29) is 17.1 Å². The van der Waals surface area contributed by atoms with Crippen molar-refractivity contribution in [3.05, 3.63) is 59.4 Å². The van der Waals surface area contributed by atoms with E-state index >= 15 is 0 Å². The number of hydrogen-bond acceptors (Lipinski definition) is 4. The first-order valence-electron chi connectivity index (χ1n) is 5.92. The van der Waals surface area contributed by atoms with E-state index in [1.54, 1.807) is 0 Å². The van der Waals surface area contributed by atoms with Crippen molar-refractivity contribution >= 4 is 10.0 Å². The van der Waals surface area contributed by atoms with Crippen molar-refractivity contribution in [2.75, 3.05) is 0 Å². The van der Waals surface area contributed by atoms with Gasteiger partial charge in [-0.1, -0.05) is 29.8 Å². The second kappa shape index (κ2) is 5.82. The molecule has 0 fully saturated rings. The summed E-state index contributed by atoms with van der Waals surface area (Å²) in [6.45, 7) is 2.16. The first-order chi connectivity index (χ1) is 9.51. The molecule has 0 unspecified atom stereocenters. The quantitative estimate of drug-likeness (QED) is 0.928. The Hall–Kier alpha value is -2.23. The fraction of sp³-hybridized carbons (Fsp3) is 0.143. The normalized spacial score (nSPS) is 11.0. The van der Waals surface area contributed by atoms with E-state index in [4.69, 9.17) is 5.26 Å². The molecular weight excluding hydrogens is 274 g/mol. The number of hydrogen-bond donors (Lipinski definition) is 1. The molecule has 0 aliphatic rings. The van der Waals surface area contributed by atoms with Crippen LogP contribution < -0.4 is 4.72 Å². The van der Waals surface area contributed by atoms with Gasteiger partial charge in [-0.25, -0.2) is 18.1 Å². The number of nitrogens with one attached hydrogen (secondary N) is 1. The van der Waals surface area contributed by atoms with Crippen molar-refractivity contribution in [2.45, 2.75) is 18.4 Å². The summed E-state index contributed by atoms with van der Waals surface area (Å²) < 4.78 is 26.6. The predicted molar refractivity (Wildman–Crippen MR) is 74.2 cm³/mol. The molecule has 5 nitrogen and oxygen atoms in total. The highest BCUT2D eigenvalue weighted by Gasteiger charge is 2.14. The lowest BCUT2D eigenvalue weighted by Gasteiger charge is -2.07. The molecule has 6 heteroatoms. The average molecular weight is 287 g/mol. The Morgan fingerprint density at radius 2 is 2.10 bits per heavy atom. The van der Waals surface area contributed by atoms with E-state index < -0.39 is 10.0 Å². The largest absolute Gasteiger partial charge is 0.244 e. The van der Waals surface area contributed by atoms with E-state index in [0.29, 0.717) is 0 Å². The molecule has 0 amide bonds. The molecule has 0 radical (unpaired) electrons. The molecule has 0 spiro atoms. The van der Waals surface area contributed by atoms with Crippen LogP contribution in [0.2, 0.25) is 0 Å². The molecule has 0 aliphatic heterocycles. The zero-order chi connectivity index (χ0) is 14.6. The van der Waals surface area contributed by atoms with E-state index in [1.807, 2.05) is 37.3 Å². The van der Waals surface area contributed by atoms with Gasteiger partial charge in [-0.3, -0.25) is 0 Å². The summed E-state index contributed by atoms with van der Waals surface area (Å²) in [5.74, 6) is 0. The van der Waals surface area contributed by atoms with E-state index in [9.17, 15) is 8.42 Å². The lowest BCUT2D eigenvalue weighted by molar-refractivity contribution is 0.581. The van der Waals surface area contributed by atoms with Crippen LogP contribution in [0.25, 0.3) is 0 Å². The van der Waals surface area contributed by atoms with E-state index in [0.717, 1.165) is 11.1 Å². The molecule has 0 saturated carbocycles. The van der Waals surface area contributed by atoms with Crippen LogP contribution >= 0.6 is 0 Å². The maximum atomic E-state index is 12.1. The number of nitrogens with zero attached hydrogens (tertiary/aromatic N) is 2. The minimum atomic E-state index is -3.62. The van der Waals surface area contributed by atoms with Crippen LogP contribution in [-0.4, -0.2) is 13.4 Å². The monoisotopic (exact) mass is 287 g/mol. The molecule has 102 valence electrons. The maximum Gasteiger partial charge on any atom is 0.242 e. The van der Waals surface area contributed by atoms with Crippen LogP contribution in [0.15, 0.2) is 47.5 Å². The SMILES string of the molecule is Cc1cccc(CNS(=O)(=O)c2ccc(C#N)nc2)c1. The summed E-state index contributed by atoms with van der Waals surface area (Å²) in [7, 11) is -3.62. The fourth-order valence-electron chi connectivity index (χ4n) is 1.69. The highest BCUT2D eigenvalue weighted by Crippen LogP contribution is 2.09. The number of sulfonamides is 1. The number of aryl methyl sites for hydroxylation is 1. The summed E-state index contributed by atoms with van der Waals surface area (Å²) in [5, 5.41) is 8.63. The Labute approximate surface area is 118 Å². The first kappa shape index (κ1) is 14.2. The van der Waals surface area contributed by atoms with Crippen LogP contribution in [0.4, 0.5) is 0 Å². The van der Waals surface area contributed by atoms with Gasteiger partial charge in [-0.15, -0.1) is 0 Å².